The zero-order valence-electron chi connectivity index (χ0n) is 8.38. The van der Waals surface area contributed by atoms with Crippen LogP contribution in [0.1, 0.15) is 5.56 Å². The minimum absolute atomic E-state index is 0.0375. The number of hydrogen-bond donors (Lipinski definition) is 0. The van der Waals surface area contributed by atoms with E-state index in [-0.39, 0.29) is 5.56 Å². The fourth-order valence-corrected chi connectivity index (χ4v) is 2.04. The van der Waals surface area contributed by atoms with Gasteiger partial charge in [-0.15, -0.1) is 0 Å². The summed E-state index contributed by atoms with van der Waals surface area (Å²) < 4.78 is 14.9. The molecule has 2 aromatic rings. The van der Waals surface area contributed by atoms with Gasteiger partial charge in [-0.25, -0.2) is 14.1 Å². The molecule has 1 heterocycles. The molecule has 0 atom stereocenters. The molecule has 0 aliphatic heterocycles. The van der Waals surface area contributed by atoms with Gasteiger partial charge in [0.25, 0.3) is 0 Å². The van der Waals surface area contributed by atoms with Gasteiger partial charge in [-0.3, -0.25) is 0 Å². The molecule has 0 aliphatic rings. The molecule has 0 fully saturated rings. The van der Waals surface area contributed by atoms with Crippen LogP contribution >= 0.6 is 11.8 Å². The van der Waals surface area contributed by atoms with Crippen molar-refractivity contribution in [1.29, 1.82) is 5.26 Å². The van der Waals surface area contributed by atoms with Crippen molar-refractivity contribution in [3.8, 4) is 6.07 Å². The Kier molecular flexibility index (Phi) is 2.88. The van der Waals surface area contributed by atoms with Gasteiger partial charge in [-0.2, -0.15) is 10.4 Å². The average Bonchev–Trinajstić information content (AvgIpc) is 2.65. The van der Waals surface area contributed by atoms with Crippen LogP contribution in [0, 0.1) is 17.1 Å². The lowest BCUT2D eigenvalue weighted by Crippen LogP contribution is -1.94. The third-order valence-electron chi connectivity index (χ3n) is 1.96. The Labute approximate surface area is 95.7 Å². The highest BCUT2D eigenvalue weighted by atomic mass is 32.2. The molecular formula is C10H7FN4S. The maximum absolute atomic E-state index is 13.3. The smallest absolute Gasteiger partial charge is 0.190 e. The average molecular weight is 234 g/mol. The summed E-state index contributed by atoms with van der Waals surface area (Å²) in [6.07, 6.45) is 1.41. The first-order valence-electron chi connectivity index (χ1n) is 4.43. The van der Waals surface area contributed by atoms with Crippen molar-refractivity contribution in [3.63, 3.8) is 0 Å². The number of benzene rings is 1. The summed E-state index contributed by atoms with van der Waals surface area (Å²) in [4.78, 5) is 4.54. The maximum atomic E-state index is 13.3. The highest BCUT2D eigenvalue weighted by Gasteiger charge is 2.11. The molecule has 0 spiro atoms. The zero-order chi connectivity index (χ0) is 11.5. The standard InChI is InChI=1S/C10H7FN4S/c1-15-10(13-6-14-15)16-9-4-2-3-8(11)7(9)5-12/h2-4,6H,1H3. The predicted octanol–water partition coefficient (Wildman–Crippen LogP) is 1.98. The number of nitrogens with zero attached hydrogens (tertiary/aromatic N) is 4. The van der Waals surface area contributed by atoms with Gasteiger partial charge in [0.2, 0.25) is 0 Å². The van der Waals surface area contributed by atoms with E-state index >= 15 is 0 Å². The Morgan fingerprint density at radius 2 is 2.31 bits per heavy atom. The molecule has 0 saturated carbocycles. The second kappa shape index (κ2) is 4.33. The van der Waals surface area contributed by atoms with E-state index in [9.17, 15) is 4.39 Å². The third-order valence-corrected chi connectivity index (χ3v) is 3.07. The summed E-state index contributed by atoms with van der Waals surface area (Å²) in [5.41, 5.74) is 0.0375. The lowest BCUT2D eigenvalue weighted by molar-refractivity contribution is 0.619. The second-order valence-electron chi connectivity index (χ2n) is 2.99. The number of nitriles is 1. The quantitative estimate of drug-likeness (QED) is 0.797. The van der Waals surface area contributed by atoms with Crippen molar-refractivity contribution >= 4 is 11.8 Å². The Bertz CT molecular complexity index is 558. The van der Waals surface area contributed by atoms with E-state index in [1.165, 1.54) is 24.2 Å². The van der Waals surface area contributed by atoms with Crippen molar-refractivity contribution in [3.05, 3.63) is 35.9 Å². The molecule has 2 rings (SSSR count). The summed E-state index contributed by atoms with van der Waals surface area (Å²) in [5.74, 6) is -0.519. The van der Waals surface area contributed by atoms with Gasteiger partial charge in [-0.1, -0.05) is 6.07 Å². The minimum Gasteiger partial charge on any atom is -0.244 e. The largest absolute Gasteiger partial charge is 0.244 e. The number of halogens is 1. The van der Waals surface area contributed by atoms with E-state index in [0.717, 1.165) is 0 Å². The van der Waals surface area contributed by atoms with Gasteiger partial charge in [0.15, 0.2) is 5.16 Å². The second-order valence-corrected chi connectivity index (χ2v) is 4.00. The maximum Gasteiger partial charge on any atom is 0.190 e. The fraction of sp³-hybridized carbons (Fsp3) is 0.100. The molecule has 6 heteroatoms. The Balaban J connectivity index is 2.40. The Hall–Kier alpha value is -1.87. The summed E-state index contributed by atoms with van der Waals surface area (Å²) >= 11 is 1.21. The van der Waals surface area contributed by atoms with Gasteiger partial charge >= 0.3 is 0 Å². The highest BCUT2D eigenvalue weighted by molar-refractivity contribution is 7.99. The van der Waals surface area contributed by atoms with Crippen molar-refractivity contribution in [2.45, 2.75) is 10.1 Å². The minimum atomic E-state index is -0.519. The van der Waals surface area contributed by atoms with Crippen LogP contribution in [-0.4, -0.2) is 14.8 Å². The molecule has 1 aromatic carbocycles. The molecule has 4 nitrogen and oxygen atoms in total. The molecule has 80 valence electrons. The Morgan fingerprint density at radius 1 is 1.50 bits per heavy atom. The first-order valence-corrected chi connectivity index (χ1v) is 5.24. The normalized spacial score (nSPS) is 10.1. The van der Waals surface area contributed by atoms with Crippen molar-refractivity contribution in [1.82, 2.24) is 14.8 Å². The van der Waals surface area contributed by atoms with Gasteiger partial charge in [0, 0.05) is 11.9 Å². The Morgan fingerprint density at radius 3 is 2.94 bits per heavy atom. The van der Waals surface area contributed by atoms with Gasteiger partial charge < -0.3 is 0 Å². The molecule has 16 heavy (non-hydrogen) atoms. The van der Waals surface area contributed by atoms with Crippen molar-refractivity contribution in [2.75, 3.05) is 0 Å². The summed E-state index contributed by atoms with van der Waals surface area (Å²) in [6, 6.07) is 6.35. The fourth-order valence-electron chi connectivity index (χ4n) is 1.17. The van der Waals surface area contributed by atoms with E-state index < -0.39 is 5.82 Å². The van der Waals surface area contributed by atoms with Crippen molar-refractivity contribution in [2.24, 2.45) is 7.05 Å². The number of aromatic nitrogens is 3. The summed E-state index contributed by atoms with van der Waals surface area (Å²) in [5, 5.41) is 13.4. The lowest BCUT2D eigenvalue weighted by Gasteiger charge is -2.03. The predicted molar refractivity (Wildman–Crippen MR) is 56.2 cm³/mol. The van der Waals surface area contributed by atoms with Crippen LogP contribution in [0.4, 0.5) is 4.39 Å². The van der Waals surface area contributed by atoms with Crippen LogP contribution in [0.2, 0.25) is 0 Å². The molecule has 0 radical (unpaired) electrons. The zero-order valence-corrected chi connectivity index (χ0v) is 9.20. The topological polar surface area (TPSA) is 54.5 Å². The van der Waals surface area contributed by atoms with Gasteiger partial charge in [0.1, 0.15) is 23.8 Å². The van der Waals surface area contributed by atoms with Gasteiger partial charge in [-0.05, 0) is 23.9 Å². The molecule has 0 saturated heterocycles. The summed E-state index contributed by atoms with van der Waals surface area (Å²) in [6.45, 7) is 0. The van der Waals surface area contributed by atoms with Crippen LogP contribution < -0.4 is 0 Å². The molecule has 0 unspecified atom stereocenters. The number of aryl methyl sites for hydroxylation is 1. The van der Waals surface area contributed by atoms with Crippen molar-refractivity contribution < 1.29 is 4.39 Å². The van der Waals surface area contributed by atoms with E-state index in [1.807, 2.05) is 6.07 Å². The van der Waals surface area contributed by atoms with E-state index in [1.54, 1.807) is 23.9 Å². The first-order chi connectivity index (χ1) is 7.72. The molecule has 0 bridgehead atoms. The molecule has 0 amide bonds. The van der Waals surface area contributed by atoms with Crippen LogP contribution in [-0.2, 0) is 7.05 Å². The first kappa shape index (κ1) is 10.6. The van der Waals surface area contributed by atoms with Crippen LogP contribution in [0.3, 0.4) is 0 Å². The summed E-state index contributed by atoms with van der Waals surface area (Å²) in [7, 11) is 1.74. The van der Waals surface area contributed by atoms with Crippen LogP contribution in [0.15, 0.2) is 34.6 Å². The number of rotatable bonds is 2. The molecular weight excluding hydrogens is 227 g/mol. The molecule has 0 N–H and O–H groups in total. The SMILES string of the molecule is Cn1ncnc1Sc1cccc(F)c1C#N. The van der Waals surface area contributed by atoms with Crippen LogP contribution in [0.5, 0.6) is 0 Å². The van der Waals surface area contributed by atoms with Gasteiger partial charge in [0.05, 0.1) is 0 Å². The molecule has 1 aromatic heterocycles. The monoisotopic (exact) mass is 234 g/mol. The lowest BCUT2D eigenvalue weighted by atomic mass is 10.2. The molecule has 0 aliphatic carbocycles. The van der Waals surface area contributed by atoms with E-state index in [2.05, 4.69) is 10.1 Å². The van der Waals surface area contributed by atoms with E-state index in [4.69, 9.17) is 5.26 Å². The van der Waals surface area contributed by atoms with Crippen LogP contribution in [0.25, 0.3) is 0 Å². The van der Waals surface area contributed by atoms with E-state index in [0.29, 0.717) is 10.1 Å². The highest BCUT2D eigenvalue weighted by Crippen LogP contribution is 2.29. The third kappa shape index (κ3) is 1.90. The number of hydrogen-bond acceptors (Lipinski definition) is 4.